The van der Waals surface area contributed by atoms with Gasteiger partial charge in [0.2, 0.25) is 5.91 Å². The Bertz CT molecular complexity index is 646. The number of rotatable bonds is 9. The van der Waals surface area contributed by atoms with Crippen LogP contribution in [-0.2, 0) is 9.53 Å². The van der Waals surface area contributed by atoms with Gasteiger partial charge in [0.25, 0.3) is 0 Å². The molecule has 4 nitrogen and oxygen atoms in total. The van der Waals surface area contributed by atoms with Gasteiger partial charge < -0.3 is 10.1 Å². The molecule has 0 saturated carbocycles. The highest BCUT2D eigenvalue weighted by Crippen LogP contribution is 2.30. The van der Waals surface area contributed by atoms with E-state index in [9.17, 15) is 4.79 Å². The number of benzene rings is 1. The minimum absolute atomic E-state index is 0.000233. The molecule has 0 aliphatic heterocycles. The van der Waals surface area contributed by atoms with E-state index in [1.54, 1.807) is 11.3 Å². The lowest BCUT2D eigenvalue weighted by Gasteiger charge is -2.07. The smallest absolute Gasteiger partial charge is 0.230 e. The zero-order valence-electron chi connectivity index (χ0n) is 13.3. The third kappa shape index (κ3) is 6.67. The Morgan fingerprint density at radius 1 is 1.43 bits per heavy atom. The Hall–Kier alpha value is -0.820. The second kappa shape index (κ2) is 9.47. The van der Waals surface area contributed by atoms with Gasteiger partial charge in [-0.15, -0.1) is 11.3 Å². The molecule has 1 aromatic carbocycles. The van der Waals surface area contributed by atoms with Crippen LogP contribution >= 0.6 is 34.7 Å². The number of nitrogens with one attached hydrogen (secondary N) is 1. The molecule has 23 heavy (non-hydrogen) atoms. The van der Waals surface area contributed by atoms with E-state index < -0.39 is 0 Å². The first-order valence-corrected chi connectivity index (χ1v) is 9.76. The number of thiazole rings is 1. The molecule has 1 aromatic heterocycles. The Labute approximate surface area is 150 Å². The third-order valence-electron chi connectivity index (χ3n) is 3.06. The van der Waals surface area contributed by atoms with Crippen LogP contribution in [0.4, 0.5) is 0 Å². The largest absolute Gasteiger partial charge is 0.380 e. The van der Waals surface area contributed by atoms with Gasteiger partial charge in [-0.25, -0.2) is 4.98 Å². The molecule has 0 spiro atoms. The van der Waals surface area contributed by atoms with Gasteiger partial charge in [0.05, 0.1) is 22.6 Å². The van der Waals surface area contributed by atoms with Gasteiger partial charge >= 0.3 is 0 Å². The number of halogens is 1. The van der Waals surface area contributed by atoms with Crippen molar-refractivity contribution in [1.29, 1.82) is 0 Å². The summed E-state index contributed by atoms with van der Waals surface area (Å²) >= 11 is 8.97. The number of thioether (sulfide) groups is 1. The van der Waals surface area contributed by atoms with Crippen LogP contribution in [0.5, 0.6) is 0 Å². The number of nitrogens with zero attached hydrogens (tertiary/aromatic N) is 1. The summed E-state index contributed by atoms with van der Waals surface area (Å²) in [5, 5.41) is 3.53. The molecule has 2 rings (SSSR count). The summed E-state index contributed by atoms with van der Waals surface area (Å²) in [6.45, 7) is 6.18. The van der Waals surface area contributed by atoms with Crippen LogP contribution in [0, 0.1) is 5.92 Å². The summed E-state index contributed by atoms with van der Waals surface area (Å²) in [6.07, 6.45) is 1.05. The second-order valence-corrected chi connectivity index (χ2v) is 8.21. The van der Waals surface area contributed by atoms with Crippen molar-refractivity contribution in [3.8, 4) is 0 Å². The van der Waals surface area contributed by atoms with Gasteiger partial charge in [0.1, 0.15) is 0 Å². The number of carbonyl (C=O) groups excluding carboxylic acids is 1. The summed E-state index contributed by atoms with van der Waals surface area (Å²) in [6, 6.07) is 5.64. The second-order valence-electron chi connectivity index (χ2n) is 5.53. The molecule has 0 aliphatic rings. The molecule has 7 heteroatoms. The Kier molecular flexibility index (Phi) is 7.62. The molecular weight excluding hydrogens is 352 g/mol. The average Bonchev–Trinajstić information content (AvgIpc) is 2.90. The maximum absolute atomic E-state index is 11.8. The van der Waals surface area contributed by atoms with E-state index >= 15 is 0 Å². The van der Waals surface area contributed by atoms with Gasteiger partial charge in [-0.05, 0) is 30.5 Å². The summed E-state index contributed by atoms with van der Waals surface area (Å²) in [5.41, 5.74) is 0.879. The predicted octanol–water partition coefficient (Wildman–Crippen LogP) is 4.22. The highest BCUT2D eigenvalue weighted by molar-refractivity contribution is 8.01. The monoisotopic (exact) mass is 372 g/mol. The van der Waals surface area contributed by atoms with E-state index in [1.807, 2.05) is 18.2 Å². The van der Waals surface area contributed by atoms with E-state index in [1.165, 1.54) is 11.8 Å². The molecule has 0 radical (unpaired) electrons. The standard InChI is InChI=1S/C16H21ClN2O2S2/c1-11(2)5-7-21-8-6-18-15(20)10-22-16-19-13-9-12(17)3-4-14(13)23-16/h3-4,9,11H,5-8,10H2,1-2H3,(H,18,20). The summed E-state index contributed by atoms with van der Waals surface area (Å²) < 4.78 is 7.42. The fraction of sp³-hybridized carbons (Fsp3) is 0.500. The van der Waals surface area contributed by atoms with Crippen LogP contribution in [0.1, 0.15) is 20.3 Å². The number of amides is 1. The molecule has 0 saturated heterocycles. The highest BCUT2D eigenvalue weighted by atomic mass is 35.5. The fourth-order valence-electron chi connectivity index (χ4n) is 1.80. The Balaban J connectivity index is 1.65. The lowest BCUT2D eigenvalue weighted by molar-refractivity contribution is -0.118. The SMILES string of the molecule is CC(C)CCOCCNC(=O)CSc1nc2cc(Cl)ccc2s1. The van der Waals surface area contributed by atoms with Crippen molar-refractivity contribution in [2.24, 2.45) is 5.92 Å². The molecule has 0 atom stereocenters. The predicted molar refractivity (Wildman–Crippen MR) is 98.6 cm³/mol. The first kappa shape index (κ1) is 18.5. The maximum Gasteiger partial charge on any atom is 0.230 e. The molecule has 0 unspecified atom stereocenters. The Morgan fingerprint density at radius 2 is 2.26 bits per heavy atom. The zero-order valence-corrected chi connectivity index (χ0v) is 15.7. The number of carbonyl (C=O) groups is 1. The van der Waals surface area contributed by atoms with Crippen LogP contribution in [0.2, 0.25) is 5.02 Å². The third-order valence-corrected chi connectivity index (χ3v) is 5.48. The van der Waals surface area contributed by atoms with E-state index in [0.29, 0.717) is 29.8 Å². The van der Waals surface area contributed by atoms with Crippen molar-refractivity contribution in [3.05, 3.63) is 23.2 Å². The quantitative estimate of drug-likeness (QED) is 0.529. The topological polar surface area (TPSA) is 51.2 Å². The first-order chi connectivity index (χ1) is 11.0. The Morgan fingerprint density at radius 3 is 3.04 bits per heavy atom. The van der Waals surface area contributed by atoms with Crippen molar-refractivity contribution in [1.82, 2.24) is 10.3 Å². The zero-order chi connectivity index (χ0) is 16.7. The van der Waals surface area contributed by atoms with Gasteiger partial charge in [0.15, 0.2) is 4.34 Å². The van der Waals surface area contributed by atoms with E-state index in [4.69, 9.17) is 16.3 Å². The molecule has 2 aromatic rings. The molecule has 1 N–H and O–H groups in total. The fourth-order valence-corrected chi connectivity index (χ4v) is 3.85. The van der Waals surface area contributed by atoms with E-state index in [-0.39, 0.29) is 5.91 Å². The van der Waals surface area contributed by atoms with Gasteiger partial charge in [-0.3, -0.25) is 4.79 Å². The minimum Gasteiger partial charge on any atom is -0.380 e. The molecular formula is C16H21ClN2O2S2. The number of hydrogen-bond acceptors (Lipinski definition) is 5. The summed E-state index contributed by atoms with van der Waals surface area (Å²) in [4.78, 5) is 16.3. The molecule has 1 amide bonds. The van der Waals surface area contributed by atoms with Crippen LogP contribution in [0.25, 0.3) is 10.2 Å². The highest BCUT2D eigenvalue weighted by Gasteiger charge is 2.08. The van der Waals surface area contributed by atoms with Gasteiger partial charge in [-0.1, -0.05) is 37.2 Å². The molecule has 1 heterocycles. The minimum atomic E-state index is -0.000233. The lowest BCUT2D eigenvalue weighted by atomic mass is 10.1. The number of hydrogen-bond donors (Lipinski definition) is 1. The summed E-state index contributed by atoms with van der Waals surface area (Å²) in [5.74, 6) is 1.00. The van der Waals surface area contributed by atoms with Crippen molar-refractivity contribution in [2.45, 2.75) is 24.6 Å². The number of fused-ring (bicyclic) bond motifs is 1. The average molecular weight is 373 g/mol. The van der Waals surface area contributed by atoms with Gasteiger partial charge in [0, 0.05) is 18.2 Å². The van der Waals surface area contributed by atoms with Crippen molar-refractivity contribution < 1.29 is 9.53 Å². The van der Waals surface area contributed by atoms with Gasteiger partial charge in [-0.2, -0.15) is 0 Å². The van der Waals surface area contributed by atoms with E-state index in [0.717, 1.165) is 27.6 Å². The first-order valence-electron chi connectivity index (χ1n) is 7.58. The molecule has 126 valence electrons. The molecule has 0 bridgehead atoms. The lowest BCUT2D eigenvalue weighted by Crippen LogP contribution is -2.28. The van der Waals surface area contributed by atoms with Crippen LogP contribution < -0.4 is 5.32 Å². The number of ether oxygens (including phenoxy) is 1. The van der Waals surface area contributed by atoms with Crippen LogP contribution in [0.15, 0.2) is 22.5 Å². The van der Waals surface area contributed by atoms with Crippen molar-refractivity contribution in [2.75, 3.05) is 25.5 Å². The maximum atomic E-state index is 11.8. The van der Waals surface area contributed by atoms with Crippen LogP contribution in [-0.4, -0.2) is 36.4 Å². The van der Waals surface area contributed by atoms with Crippen molar-refractivity contribution >= 4 is 50.8 Å². The molecule has 0 aliphatic carbocycles. The normalized spacial score (nSPS) is 11.3. The molecule has 0 fully saturated rings. The van der Waals surface area contributed by atoms with E-state index in [2.05, 4.69) is 24.1 Å². The van der Waals surface area contributed by atoms with Crippen LogP contribution in [0.3, 0.4) is 0 Å². The number of aromatic nitrogens is 1. The summed E-state index contributed by atoms with van der Waals surface area (Å²) in [7, 11) is 0. The van der Waals surface area contributed by atoms with Crippen molar-refractivity contribution in [3.63, 3.8) is 0 Å².